The first-order valence-corrected chi connectivity index (χ1v) is 13.6. The van der Waals surface area contributed by atoms with Crippen LogP contribution in [-0.2, 0) is 6.42 Å². The number of pyridine rings is 1. The number of nitrogens with zero attached hydrogens (tertiary/aromatic N) is 5. The smallest absolute Gasteiger partial charge is 0.254 e. The zero-order chi connectivity index (χ0) is 27.2. The van der Waals surface area contributed by atoms with Gasteiger partial charge in [-0.3, -0.25) is 4.79 Å². The van der Waals surface area contributed by atoms with Gasteiger partial charge in [0.15, 0.2) is 0 Å². The number of nitriles is 1. The third-order valence-corrected chi connectivity index (χ3v) is 7.86. The molecular weight excluding hydrogens is 470 g/mol. The van der Waals surface area contributed by atoms with E-state index in [0.717, 1.165) is 73.8 Å². The van der Waals surface area contributed by atoms with Crippen molar-refractivity contribution in [2.45, 2.75) is 40.0 Å². The van der Waals surface area contributed by atoms with Crippen LogP contribution in [0.25, 0.3) is 0 Å². The molecule has 2 saturated heterocycles. The van der Waals surface area contributed by atoms with E-state index >= 15 is 0 Å². The zero-order valence-electron chi connectivity index (χ0n) is 23.0. The normalized spacial score (nSPS) is 16.8. The number of likely N-dealkylation sites (tertiary alicyclic amines) is 1. The van der Waals surface area contributed by atoms with E-state index in [1.54, 1.807) is 6.08 Å². The van der Waals surface area contributed by atoms with Gasteiger partial charge in [0, 0.05) is 50.5 Å². The van der Waals surface area contributed by atoms with Gasteiger partial charge in [0.05, 0.1) is 11.3 Å². The van der Waals surface area contributed by atoms with Crippen molar-refractivity contribution < 1.29 is 4.79 Å². The van der Waals surface area contributed by atoms with Crippen LogP contribution in [0.4, 0.5) is 5.82 Å². The number of piperazine rings is 1. The van der Waals surface area contributed by atoms with Gasteiger partial charge in [-0.2, -0.15) is 5.26 Å². The molecule has 6 nitrogen and oxygen atoms in total. The summed E-state index contributed by atoms with van der Waals surface area (Å²) in [5.41, 5.74) is 6.76. The highest BCUT2D eigenvalue weighted by molar-refractivity contribution is 5.96. The van der Waals surface area contributed by atoms with Crippen LogP contribution in [0, 0.1) is 38.0 Å². The average Bonchev–Trinajstić information content (AvgIpc) is 2.93. The molecule has 1 amide bonds. The van der Waals surface area contributed by atoms with Gasteiger partial charge in [-0.15, -0.1) is 0 Å². The molecule has 198 valence electrons. The van der Waals surface area contributed by atoms with E-state index in [2.05, 4.69) is 53.1 Å². The van der Waals surface area contributed by atoms with Gasteiger partial charge < -0.3 is 14.7 Å². The summed E-state index contributed by atoms with van der Waals surface area (Å²) in [4.78, 5) is 24.7. The predicted molar refractivity (Wildman–Crippen MR) is 154 cm³/mol. The fraction of sp³-hybridized carbons (Fsp3) is 0.406. The van der Waals surface area contributed by atoms with Gasteiger partial charge in [-0.05, 0) is 86.9 Å². The third-order valence-electron chi connectivity index (χ3n) is 7.86. The first kappa shape index (κ1) is 27.2. The monoisotopic (exact) mass is 509 g/mol. The highest BCUT2D eigenvalue weighted by atomic mass is 16.2. The minimum Gasteiger partial charge on any atom is -0.370 e. The molecule has 0 N–H and O–H groups in total. The highest BCUT2D eigenvalue weighted by Gasteiger charge is 2.26. The molecule has 2 aliphatic heterocycles. The molecule has 0 spiro atoms. The number of piperidine rings is 1. The lowest BCUT2D eigenvalue weighted by atomic mass is 9.86. The molecule has 6 heteroatoms. The summed E-state index contributed by atoms with van der Waals surface area (Å²) in [6.45, 7) is 18.7. The van der Waals surface area contributed by atoms with Crippen molar-refractivity contribution >= 4 is 11.7 Å². The molecule has 0 unspecified atom stereocenters. The SMILES string of the molecule is C=C/C=C(\C(=C)C#N)N1CCC(Cc2cc(C(=O)N3CCN(c4cccc(C)n4)CC3)c(C)cc2C)CC1. The molecule has 4 rings (SSSR count). The summed E-state index contributed by atoms with van der Waals surface area (Å²) < 4.78 is 0. The summed E-state index contributed by atoms with van der Waals surface area (Å²) in [6, 6.07) is 12.6. The molecule has 3 heterocycles. The number of rotatable bonds is 7. The van der Waals surface area contributed by atoms with Crippen molar-refractivity contribution in [2.24, 2.45) is 5.92 Å². The molecule has 0 saturated carbocycles. The lowest BCUT2D eigenvalue weighted by Gasteiger charge is -2.36. The summed E-state index contributed by atoms with van der Waals surface area (Å²) in [5, 5.41) is 9.31. The van der Waals surface area contributed by atoms with Gasteiger partial charge >= 0.3 is 0 Å². The van der Waals surface area contributed by atoms with E-state index in [1.807, 2.05) is 43.0 Å². The highest BCUT2D eigenvalue weighted by Crippen LogP contribution is 2.29. The lowest BCUT2D eigenvalue weighted by molar-refractivity contribution is 0.0745. The van der Waals surface area contributed by atoms with E-state index in [4.69, 9.17) is 0 Å². The standard InChI is InChI=1S/C32H39N5O/c1-6-8-30(25(4)22-33)35-13-11-27(12-14-35)20-28-21-29(24(3)19-23(28)2)32(38)37-17-15-36(16-18-37)31-10-7-9-26(5)34-31/h6-10,19,21,27H,1,4,11-18,20H2,2-3,5H3/b30-8+. The van der Waals surface area contributed by atoms with Crippen LogP contribution >= 0.6 is 0 Å². The lowest BCUT2D eigenvalue weighted by Crippen LogP contribution is -2.49. The minimum absolute atomic E-state index is 0.129. The number of benzene rings is 1. The van der Waals surface area contributed by atoms with E-state index in [-0.39, 0.29) is 5.91 Å². The summed E-state index contributed by atoms with van der Waals surface area (Å²) >= 11 is 0. The van der Waals surface area contributed by atoms with E-state index < -0.39 is 0 Å². The van der Waals surface area contributed by atoms with Gasteiger partial charge in [-0.25, -0.2) is 4.98 Å². The maximum absolute atomic E-state index is 13.6. The average molecular weight is 510 g/mol. The van der Waals surface area contributed by atoms with Crippen LogP contribution < -0.4 is 4.90 Å². The number of hydrogen-bond donors (Lipinski definition) is 0. The van der Waals surface area contributed by atoms with Crippen LogP contribution in [0.15, 0.2) is 66.9 Å². The summed E-state index contributed by atoms with van der Waals surface area (Å²) in [6.07, 6.45) is 6.65. The first-order valence-electron chi connectivity index (χ1n) is 13.6. The molecule has 2 aliphatic rings. The number of aromatic nitrogens is 1. The predicted octanol–water partition coefficient (Wildman–Crippen LogP) is 5.37. The topological polar surface area (TPSA) is 63.5 Å². The molecule has 2 fully saturated rings. The second-order valence-electron chi connectivity index (χ2n) is 10.5. The molecule has 38 heavy (non-hydrogen) atoms. The second kappa shape index (κ2) is 12.1. The number of hydrogen-bond acceptors (Lipinski definition) is 5. The fourth-order valence-corrected chi connectivity index (χ4v) is 5.62. The number of carbonyl (C=O) groups is 1. The summed E-state index contributed by atoms with van der Waals surface area (Å²) in [7, 11) is 0. The Kier molecular flexibility index (Phi) is 8.68. The molecule has 1 aromatic heterocycles. The number of allylic oxidation sites excluding steroid dienone is 3. The first-order chi connectivity index (χ1) is 18.3. The molecule has 0 atom stereocenters. The quantitative estimate of drug-likeness (QED) is 0.371. The van der Waals surface area contributed by atoms with Crippen LogP contribution in [0.3, 0.4) is 0 Å². The van der Waals surface area contributed by atoms with Crippen molar-refractivity contribution in [1.82, 2.24) is 14.8 Å². The summed E-state index contributed by atoms with van der Waals surface area (Å²) in [5.74, 6) is 1.66. The Hall–Kier alpha value is -3.85. The Labute approximate surface area is 227 Å². The maximum Gasteiger partial charge on any atom is 0.254 e. The third kappa shape index (κ3) is 6.16. The van der Waals surface area contributed by atoms with Gasteiger partial charge in [0.2, 0.25) is 0 Å². The van der Waals surface area contributed by atoms with Crippen LogP contribution in [0.5, 0.6) is 0 Å². The minimum atomic E-state index is 0.129. The number of anilines is 1. The number of carbonyl (C=O) groups excluding carboxylic acids is 1. The van der Waals surface area contributed by atoms with Crippen molar-refractivity contribution in [2.75, 3.05) is 44.2 Å². The Morgan fingerprint density at radius 3 is 2.39 bits per heavy atom. The molecule has 0 aliphatic carbocycles. The molecular formula is C32H39N5O. The van der Waals surface area contributed by atoms with E-state index in [1.165, 1.54) is 11.1 Å². The van der Waals surface area contributed by atoms with Crippen molar-refractivity contribution in [1.29, 1.82) is 5.26 Å². The van der Waals surface area contributed by atoms with Crippen LogP contribution in [0.2, 0.25) is 0 Å². The zero-order valence-corrected chi connectivity index (χ0v) is 23.0. The van der Waals surface area contributed by atoms with Crippen molar-refractivity contribution in [3.63, 3.8) is 0 Å². The molecule has 0 bridgehead atoms. The molecule has 1 aromatic carbocycles. The Morgan fingerprint density at radius 2 is 1.76 bits per heavy atom. The van der Waals surface area contributed by atoms with Gasteiger partial charge in [-0.1, -0.05) is 31.4 Å². The van der Waals surface area contributed by atoms with E-state index in [9.17, 15) is 10.1 Å². The van der Waals surface area contributed by atoms with Crippen LogP contribution in [-0.4, -0.2) is 60.0 Å². The van der Waals surface area contributed by atoms with Gasteiger partial charge in [0.25, 0.3) is 5.91 Å². The van der Waals surface area contributed by atoms with Gasteiger partial charge in [0.1, 0.15) is 11.9 Å². The van der Waals surface area contributed by atoms with Crippen molar-refractivity contribution in [3.05, 3.63) is 94.9 Å². The maximum atomic E-state index is 13.6. The number of aryl methyl sites for hydroxylation is 3. The Morgan fingerprint density at radius 1 is 1.05 bits per heavy atom. The largest absolute Gasteiger partial charge is 0.370 e. The fourth-order valence-electron chi connectivity index (χ4n) is 5.62. The number of amides is 1. The van der Waals surface area contributed by atoms with Crippen LogP contribution in [0.1, 0.15) is 45.6 Å². The molecule has 2 aromatic rings. The Bertz CT molecular complexity index is 1270. The van der Waals surface area contributed by atoms with E-state index in [0.29, 0.717) is 24.6 Å². The Balaban J connectivity index is 1.39. The molecule has 0 radical (unpaired) electrons. The van der Waals surface area contributed by atoms with Crippen molar-refractivity contribution in [3.8, 4) is 6.07 Å². The second-order valence-corrected chi connectivity index (χ2v) is 10.5.